The smallest absolute Gasteiger partial charge is 0.0281 e. The van der Waals surface area contributed by atoms with Crippen molar-refractivity contribution in [3.8, 4) is 0 Å². The van der Waals surface area contributed by atoms with Gasteiger partial charge in [0, 0.05) is 0 Å². The lowest BCUT2D eigenvalue weighted by Gasteiger charge is -2.55. The van der Waals surface area contributed by atoms with Crippen LogP contribution in [0.1, 0.15) is 74.7 Å². The molecule has 0 aliphatic heterocycles. The first-order valence-electron chi connectivity index (χ1n) is 6.96. The molecular formula is C16H32. The molecule has 0 heteroatoms. The standard InChI is InChI=1S/C16H32/c1-14(2,3)12-10-9-11-16(7,8)13(12)15(4,5)6/h12-13H,9-11H2,1-8H3. The van der Waals surface area contributed by atoms with E-state index < -0.39 is 0 Å². The van der Waals surface area contributed by atoms with E-state index in [1.54, 1.807) is 0 Å². The SMILES string of the molecule is CC(C)(C)C1CCCC(C)(C)C1C(C)(C)C. The Morgan fingerprint density at radius 3 is 1.69 bits per heavy atom. The van der Waals surface area contributed by atoms with Gasteiger partial charge < -0.3 is 0 Å². The maximum Gasteiger partial charge on any atom is -0.0281 e. The largest absolute Gasteiger partial charge is 0.0599 e. The van der Waals surface area contributed by atoms with Crippen molar-refractivity contribution in [1.82, 2.24) is 0 Å². The van der Waals surface area contributed by atoms with Crippen LogP contribution >= 0.6 is 0 Å². The summed E-state index contributed by atoms with van der Waals surface area (Å²) in [4.78, 5) is 0. The molecule has 0 saturated heterocycles. The molecule has 1 aliphatic rings. The molecule has 1 fully saturated rings. The van der Waals surface area contributed by atoms with Gasteiger partial charge in [0.15, 0.2) is 0 Å². The van der Waals surface area contributed by atoms with Gasteiger partial charge >= 0.3 is 0 Å². The van der Waals surface area contributed by atoms with E-state index in [1.807, 2.05) is 0 Å². The van der Waals surface area contributed by atoms with Crippen molar-refractivity contribution >= 4 is 0 Å². The monoisotopic (exact) mass is 224 g/mol. The third-order valence-electron chi connectivity index (χ3n) is 4.63. The Labute approximate surface area is 103 Å². The van der Waals surface area contributed by atoms with Gasteiger partial charge in [0.05, 0.1) is 0 Å². The Morgan fingerprint density at radius 2 is 1.38 bits per heavy atom. The normalized spacial score (nSPS) is 31.5. The van der Waals surface area contributed by atoms with Gasteiger partial charge in [-0.05, 0) is 40.9 Å². The highest BCUT2D eigenvalue weighted by Crippen LogP contribution is 2.56. The summed E-state index contributed by atoms with van der Waals surface area (Å²) in [6.07, 6.45) is 4.25. The molecule has 0 N–H and O–H groups in total. The van der Waals surface area contributed by atoms with E-state index in [-0.39, 0.29) is 0 Å². The summed E-state index contributed by atoms with van der Waals surface area (Å²) >= 11 is 0. The highest BCUT2D eigenvalue weighted by molar-refractivity contribution is 4.97. The lowest BCUT2D eigenvalue weighted by Crippen LogP contribution is -2.47. The third-order valence-corrected chi connectivity index (χ3v) is 4.63. The Bertz CT molecular complexity index is 234. The second-order valence-corrected chi connectivity index (χ2v) is 8.70. The molecule has 0 aromatic carbocycles. The molecular weight excluding hydrogens is 192 g/mol. The summed E-state index contributed by atoms with van der Waals surface area (Å²) in [6.45, 7) is 19.6. The highest BCUT2D eigenvalue weighted by atomic mass is 14.5. The van der Waals surface area contributed by atoms with Crippen LogP contribution in [0.3, 0.4) is 0 Å². The molecule has 0 radical (unpaired) electrons. The van der Waals surface area contributed by atoms with Gasteiger partial charge in [0.1, 0.15) is 0 Å². The Morgan fingerprint density at radius 1 is 0.875 bits per heavy atom. The van der Waals surface area contributed by atoms with Gasteiger partial charge in [0.2, 0.25) is 0 Å². The minimum atomic E-state index is 0.432. The molecule has 2 unspecified atom stereocenters. The van der Waals surface area contributed by atoms with Crippen LogP contribution < -0.4 is 0 Å². The zero-order valence-corrected chi connectivity index (χ0v) is 12.8. The van der Waals surface area contributed by atoms with E-state index in [4.69, 9.17) is 0 Å². The van der Waals surface area contributed by atoms with Crippen LogP contribution in [0.2, 0.25) is 0 Å². The van der Waals surface area contributed by atoms with Gasteiger partial charge in [-0.1, -0.05) is 61.8 Å². The minimum Gasteiger partial charge on any atom is -0.0599 e. The van der Waals surface area contributed by atoms with Gasteiger partial charge in [-0.15, -0.1) is 0 Å². The Hall–Kier alpha value is 0. The molecule has 96 valence electrons. The summed E-state index contributed by atoms with van der Waals surface area (Å²) < 4.78 is 0. The van der Waals surface area contributed by atoms with E-state index >= 15 is 0 Å². The van der Waals surface area contributed by atoms with Crippen molar-refractivity contribution < 1.29 is 0 Å². The number of hydrogen-bond donors (Lipinski definition) is 0. The van der Waals surface area contributed by atoms with Crippen LogP contribution in [0.5, 0.6) is 0 Å². The summed E-state index contributed by atoms with van der Waals surface area (Å²) in [7, 11) is 0. The first-order valence-corrected chi connectivity index (χ1v) is 6.96. The molecule has 0 amide bonds. The van der Waals surface area contributed by atoms with E-state index in [0.29, 0.717) is 16.2 Å². The molecule has 16 heavy (non-hydrogen) atoms. The van der Waals surface area contributed by atoms with Gasteiger partial charge in [-0.3, -0.25) is 0 Å². The molecule has 1 saturated carbocycles. The first kappa shape index (κ1) is 14.1. The molecule has 1 rings (SSSR count). The zero-order valence-electron chi connectivity index (χ0n) is 12.8. The van der Waals surface area contributed by atoms with Gasteiger partial charge in [-0.25, -0.2) is 0 Å². The topological polar surface area (TPSA) is 0 Å². The van der Waals surface area contributed by atoms with E-state index in [1.165, 1.54) is 19.3 Å². The predicted octanol–water partition coefficient (Wildman–Crippen LogP) is 5.52. The molecule has 0 nitrogen and oxygen atoms in total. The number of rotatable bonds is 0. The number of hydrogen-bond acceptors (Lipinski definition) is 0. The summed E-state index contributed by atoms with van der Waals surface area (Å²) in [5.74, 6) is 1.71. The average Bonchev–Trinajstić information content (AvgIpc) is 1.97. The second kappa shape index (κ2) is 4.03. The summed E-state index contributed by atoms with van der Waals surface area (Å²) in [5.41, 5.74) is 1.39. The van der Waals surface area contributed by atoms with Crippen molar-refractivity contribution in [1.29, 1.82) is 0 Å². The molecule has 0 aromatic heterocycles. The van der Waals surface area contributed by atoms with E-state index in [0.717, 1.165) is 11.8 Å². The lowest BCUT2D eigenvalue weighted by molar-refractivity contribution is -0.0546. The van der Waals surface area contributed by atoms with Crippen molar-refractivity contribution in [3.63, 3.8) is 0 Å². The Balaban J connectivity index is 3.08. The van der Waals surface area contributed by atoms with E-state index in [2.05, 4.69) is 55.4 Å². The highest BCUT2D eigenvalue weighted by Gasteiger charge is 2.48. The minimum absolute atomic E-state index is 0.432. The third kappa shape index (κ3) is 2.81. The van der Waals surface area contributed by atoms with Crippen LogP contribution in [0.15, 0.2) is 0 Å². The fourth-order valence-corrected chi connectivity index (χ4v) is 4.35. The van der Waals surface area contributed by atoms with Crippen LogP contribution in [0.4, 0.5) is 0 Å². The summed E-state index contributed by atoms with van der Waals surface area (Å²) in [5, 5.41) is 0. The first-order chi connectivity index (χ1) is 6.96. The molecule has 0 aromatic rings. The molecule has 2 atom stereocenters. The zero-order chi connectivity index (χ0) is 12.8. The Kier molecular flexibility index (Phi) is 3.54. The van der Waals surface area contributed by atoms with Gasteiger partial charge in [-0.2, -0.15) is 0 Å². The van der Waals surface area contributed by atoms with Crippen LogP contribution in [0.25, 0.3) is 0 Å². The molecule has 0 bridgehead atoms. The lowest BCUT2D eigenvalue weighted by atomic mass is 9.50. The van der Waals surface area contributed by atoms with Crippen LogP contribution in [0, 0.1) is 28.1 Å². The fraction of sp³-hybridized carbons (Fsp3) is 1.00. The maximum atomic E-state index is 2.49. The maximum absolute atomic E-state index is 2.49. The molecule has 0 heterocycles. The van der Waals surface area contributed by atoms with Crippen molar-refractivity contribution in [2.24, 2.45) is 28.1 Å². The van der Waals surface area contributed by atoms with Crippen LogP contribution in [-0.2, 0) is 0 Å². The van der Waals surface area contributed by atoms with Crippen molar-refractivity contribution in [2.45, 2.75) is 74.7 Å². The van der Waals surface area contributed by atoms with Crippen molar-refractivity contribution in [3.05, 3.63) is 0 Å². The predicted molar refractivity (Wildman–Crippen MR) is 73.5 cm³/mol. The van der Waals surface area contributed by atoms with Crippen molar-refractivity contribution in [2.75, 3.05) is 0 Å². The summed E-state index contributed by atoms with van der Waals surface area (Å²) in [6, 6.07) is 0. The van der Waals surface area contributed by atoms with Gasteiger partial charge in [0.25, 0.3) is 0 Å². The van der Waals surface area contributed by atoms with Crippen LogP contribution in [-0.4, -0.2) is 0 Å². The quantitative estimate of drug-likeness (QED) is 0.508. The second-order valence-electron chi connectivity index (χ2n) is 8.70. The molecule has 1 aliphatic carbocycles. The molecule has 0 spiro atoms. The van der Waals surface area contributed by atoms with E-state index in [9.17, 15) is 0 Å². The average molecular weight is 224 g/mol. The fourth-order valence-electron chi connectivity index (χ4n) is 4.35.